The Bertz CT molecular complexity index is 970. The van der Waals surface area contributed by atoms with Crippen molar-refractivity contribution in [3.8, 4) is 11.5 Å². The van der Waals surface area contributed by atoms with Gasteiger partial charge in [0.05, 0.1) is 45.0 Å². The minimum absolute atomic E-state index is 0.128. The molecular weight excluding hydrogens is 454 g/mol. The van der Waals surface area contributed by atoms with Crippen LogP contribution in [0.5, 0.6) is 11.5 Å². The maximum absolute atomic E-state index is 13.2. The Morgan fingerprint density at radius 3 is 2.29 bits per heavy atom. The maximum atomic E-state index is 13.2. The van der Waals surface area contributed by atoms with Gasteiger partial charge in [0.1, 0.15) is 0 Å². The van der Waals surface area contributed by atoms with Crippen LogP contribution < -0.4 is 14.8 Å². The molecule has 0 radical (unpaired) electrons. The second-order valence-electron chi connectivity index (χ2n) is 8.44. The number of amides is 2. The number of rotatable bonds is 9. The van der Waals surface area contributed by atoms with Gasteiger partial charge in [0.25, 0.3) is 0 Å². The summed E-state index contributed by atoms with van der Waals surface area (Å²) in [5.41, 5.74) is 1.61. The highest BCUT2D eigenvalue weighted by Crippen LogP contribution is 2.36. The Kier molecular flexibility index (Phi) is 8.97. The van der Waals surface area contributed by atoms with Gasteiger partial charge < -0.3 is 24.3 Å². The Balaban J connectivity index is 1.94. The van der Waals surface area contributed by atoms with Crippen LogP contribution in [0.4, 0.5) is 4.79 Å². The van der Waals surface area contributed by atoms with Crippen molar-refractivity contribution in [2.24, 2.45) is 5.92 Å². The van der Waals surface area contributed by atoms with Gasteiger partial charge >= 0.3 is 18.0 Å². The van der Waals surface area contributed by atoms with Crippen molar-refractivity contribution >= 4 is 18.0 Å². The number of likely N-dealkylation sites (N-methyl/N-ethyl adjacent to an activating group) is 1. The lowest BCUT2D eigenvalue weighted by Gasteiger charge is -2.38. The summed E-state index contributed by atoms with van der Waals surface area (Å²) in [6.07, 6.45) is 1.33. The molecule has 0 aliphatic carbocycles. The zero-order valence-corrected chi connectivity index (χ0v) is 21.1. The number of benzene rings is 1. The monoisotopic (exact) mass is 489 g/mol. The molecule has 10 nitrogen and oxygen atoms in total. The number of hydrogen-bond donors (Lipinski definition) is 1. The average molecular weight is 490 g/mol. The number of carbonyl (C=O) groups is 3. The third-order valence-corrected chi connectivity index (χ3v) is 6.39. The largest absolute Gasteiger partial charge is 0.493 e. The Morgan fingerprint density at radius 1 is 1.03 bits per heavy atom. The first-order valence-corrected chi connectivity index (χ1v) is 11.9. The second kappa shape index (κ2) is 11.9. The van der Waals surface area contributed by atoms with E-state index in [0.29, 0.717) is 67.4 Å². The van der Waals surface area contributed by atoms with Crippen LogP contribution in [0.3, 0.4) is 0 Å². The van der Waals surface area contributed by atoms with Crippen LogP contribution in [0.15, 0.2) is 29.5 Å². The molecule has 192 valence electrons. The predicted octanol–water partition coefficient (Wildman–Crippen LogP) is 2.49. The van der Waals surface area contributed by atoms with Gasteiger partial charge in [-0.25, -0.2) is 9.59 Å². The van der Waals surface area contributed by atoms with Gasteiger partial charge in [0.2, 0.25) is 0 Å². The van der Waals surface area contributed by atoms with Gasteiger partial charge in [0, 0.05) is 19.3 Å². The number of ether oxygens (including phenoxy) is 4. The normalized spacial score (nSPS) is 19.3. The van der Waals surface area contributed by atoms with Crippen LogP contribution in [-0.2, 0) is 19.1 Å². The number of urea groups is 1. The summed E-state index contributed by atoms with van der Waals surface area (Å²) in [5, 5.41) is 2.92. The molecule has 2 heterocycles. The van der Waals surface area contributed by atoms with E-state index in [0.717, 1.165) is 0 Å². The van der Waals surface area contributed by atoms with E-state index in [1.165, 1.54) is 12.0 Å². The SMILES string of the molecule is CCOC(=O)C1=C(CN2CCC(C(=O)OCC)CC2)N(C)C(=O)N[C@@H]1c1ccc(OC)c(OC)c1. The number of nitrogens with one attached hydrogen (secondary N) is 1. The molecular formula is C25H35N3O7. The van der Waals surface area contributed by atoms with Crippen molar-refractivity contribution < 1.29 is 33.3 Å². The first kappa shape index (κ1) is 26.3. The summed E-state index contributed by atoms with van der Waals surface area (Å²) in [7, 11) is 4.71. The Morgan fingerprint density at radius 2 is 1.69 bits per heavy atom. The molecule has 1 atom stereocenters. The van der Waals surface area contributed by atoms with Crippen molar-refractivity contribution in [1.82, 2.24) is 15.1 Å². The highest BCUT2D eigenvalue weighted by molar-refractivity contribution is 5.95. The molecule has 1 N–H and O–H groups in total. The minimum atomic E-state index is -0.718. The number of hydrogen-bond acceptors (Lipinski definition) is 8. The van der Waals surface area contributed by atoms with E-state index in [-0.39, 0.29) is 24.5 Å². The minimum Gasteiger partial charge on any atom is -0.493 e. The number of piperidine rings is 1. The van der Waals surface area contributed by atoms with Crippen molar-refractivity contribution in [3.05, 3.63) is 35.0 Å². The first-order chi connectivity index (χ1) is 16.8. The maximum Gasteiger partial charge on any atom is 0.338 e. The molecule has 0 spiro atoms. The molecule has 0 aromatic heterocycles. The lowest BCUT2D eigenvalue weighted by atomic mass is 9.93. The number of nitrogens with zero attached hydrogens (tertiary/aromatic N) is 2. The fourth-order valence-electron chi connectivity index (χ4n) is 4.48. The summed E-state index contributed by atoms with van der Waals surface area (Å²) in [6, 6.07) is 4.23. The molecule has 35 heavy (non-hydrogen) atoms. The molecule has 3 rings (SSSR count). The van der Waals surface area contributed by atoms with Crippen LogP contribution in [0.1, 0.15) is 38.3 Å². The molecule has 2 aliphatic rings. The molecule has 1 fully saturated rings. The summed E-state index contributed by atoms with van der Waals surface area (Å²) in [5.74, 6) is 0.249. The van der Waals surface area contributed by atoms with Crippen molar-refractivity contribution in [2.45, 2.75) is 32.7 Å². The Labute approximate surface area is 206 Å². The van der Waals surface area contributed by atoms with Crippen molar-refractivity contribution in [2.75, 3.05) is 54.1 Å². The number of likely N-dealkylation sites (tertiary alicyclic amines) is 1. The van der Waals surface area contributed by atoms with E-state index in [4.69, 9.17) is 18.9 Å². The standard InChI is InChI=1S/C25H35N3O7/c1-6-34-23(29)16-10-12-28(13-11-16)15-18-21(24(30)35-7-2)22(26-25(31)27(18)3)17-8-9-19(32-4)20(14-17)33-5/h8-9,14,16,22H,6-7,10-13,15H2,1-5H3,(H,26,31)/t22-/m1/s1. The van der Waals surface area contributed by atoms with Gasteiger partial charge in [-0.3, -0.25) is 14.6 Å². The molecule has 1 aromatic rings. The van der Waals surface area contributed by atoms with Gasteiger partial charge in [-0.2, -0.15) is 0 Å². The van der Waals surface area contributed by atoms with Crippen LogP contribution in [0.25, 0.3) is 0 Å². The summed E-state index contributed by atoms with van der Waals surface area (Å²) < 4.78 is 21.3. The average Bonchev–Trinajstić information content (AvgIpc) is 2.86. The van der Waals surface area contributed by atoms with Crippen LogP contribution in [0, 0.1) is 5.92 Å². The molecule has 0 unspecified atom stereocenters. The van der Waals surface area contributed by atoms with Crippen LogP contribution >= 0.6 is 0 Å². The lowest BCUT2D eigenvalue weighted by molar-refractivity contribution is -0.149. The molecule has 1 aromatic carbocycles. The third kappa shape index (κ3) is 5.87. The van der Waals surface area contributed by atoms with E-state index in [1.807, 2.05) is 0 Å². The quantitative estimate of drug-likeness (QED) is 0.528. The summed E-state index contributed by atoms with van der Waals surface area (Å²) in [6.45, 7) is 5.80. The smallest absolute Gasteiger partial charge is 0.338 e. The van der Waals surface area contributed by atoms with E-state index in [1.54, 1.807) is 46.2 Å². The van der Waals surface area contributed by atoms with Crippen molar-refractivity contribution in [1.29, 1.82) is 0 Å². The number of carbonyl (C=O) groups excluding carboxylic acids is 3. The topological polar surface area (TPSA) is 107 Å². The zero-order valence-electron chi connectivity index (χ0n) is 21.1. The second-order valence-corrected chi connectivity index (χ2v) is 8.44. The number of esters is 2. The molecule has 0 saturated carbocycles. The van der Waals surface area contributed by atoms with Crippen LogP contribution in [0.2, 0.25) is 0 Å². The highest BCUT2D eigenvalue weighted by Gasteiger charge is 2.38. The Hall–Kier alpha value is -3.27. The van der Waals surface area contributed by atoms with E-state index in [2.05, 4.69) is 10.2 Å². The summed E-state index contributed by atoms with van der Waals surface area (Å²) >= 11 is 0. The predicted molar refractivity (Wildman–Crippen MR) is 128 cm³/mol. The summed E-state index contributed by atoms with van der Waals surface area (Å²) in [4.78, 5) is 41.8. The van der Waals surface area contributed by atoms with Crippen molar-refractivity contribution in [3.63, 3.8) is 0 Å². The van der Waals surface area contributed by atoms with Gasteiger partial charge in [-0.05, 0) is 57.5 Å². The van der Waals surface area contributed by atoms with Crippen LogP contribution in [-0.4, -0.2) is 81.9 Å². The van der Waals surface area contributed by atoms with Gasteiger partial charge in [0.15, 0.2) is 11.5 Å². The van der Waals surface area contributed by atoms with E-state index < -0.39 is 12.0 Å². The molecule has 2 aliphatic heterocycles. The zero-order chi connectivity index (χ0) is 25.5. The molecule has 0 bridgehead atoms. The number of methoxy groups -OCH3 is 2. The fourth-order valence-corrected chi connectivity index (χ4v) is 4.48. The molecule has 1 saturated heterocycles. The van der Waals surface area contributed by atoms with Gasteiger partial charge in [-0.1, -0.05) is 6.07 Å². The van der Waals surface area contributed by atoms with Gasteiger partial charge in [-0.15, -0.1) is 0 Å². The fraction of sp³-hybridized carbons (Fsp3) is 0.560. The third-order valence-electron chi connectivity index (χ3n) is 6.39. The molecule has 10 heteroatoms. The first-order valence-electron chi connectivity index (χ1n) is 11.9. The lowest BCUT2D eigenvalue weighted by Crippen LogP contribution is -2.50. The van der Waals surface area contributed by atoms with E-state index in [9.17, 15) is 14.4 Å². The van der Waals surface area contributed by atoms with E-state index >= 15 is 0 Å². The molecule has 2 amide bonds. The highest BCUT2D eigenvalue weighted by atomic mass is 16.5.